The van der Waals surface area contributed by atoms with Gasteiger partial charge in [-0.25, -0.2) is 0 Å². The van der Waals surface area contributed by atoms with E-state index in [9.17, 15) is 9.90 Å². The number of carbonyl (C=O) groups excluding carboxylic acids is 1. The first-order valence-electron chi connectivity index (χ1n) is 7.35. The highest BCUT2D eigenvalue weighted by Gasteiger charge is 2.31. The summed E-state index contributed by atoms with van der Waals surface area (Å²) < 4.78 is 0. The second-order valence-electron chi connectivity index (χ2n) is 5.78. The van der Waals surface area contributed by atoms with Crippen LogP contribution in [0.5, 0.6) is 0 Å². The molecule has 2 aromatic rings. The van der Waals surface area contributed by atoms with Gasteiger partial charge in [0.1, 0.15) is 0 Å². The lowest BCUT2D eigenvalue weighted by molar-refractivity contribution is 0.0543. The Labute approximate surface area is 122 Å². The topological polar surface area (TPSA) is 69.2 Å². The van der Waals surface area contributed by atoms with Crippen LogP contribution in [0.4, 0.5) is 0 Å². The minimum Gasteiger partial charge on any atom is -0.387 e. The average molecular weight is 283 g/mol. The average Bonchev–Trinajstić information content (AvgIpc) is 3.09. The Morgan fingerprint density at radius 2 is 2.19 bits per heavy atom. The van der Waals surface area contributed by atoms with Crippen LogP contribution in [-0.2, 0) is 19.4 Å². The van der Waals surface area contributed by atoms with Crippen LogP contribution in [0.3, 0.4) is 0 Å². The molecule has 1 amide bonds. The summed E-state index contributed by atoms with van der Waals surface area (Å²) in [6, 6.07) is 7.74. The van der Waals surface area contributed by atoms with Gasteiger partial charge in [0.05, 0.1) is 12.6 Å². The van der Waals surface area contributed by atoms with Crippen molar-refractivity contribution in [2.75, 3.05) is 6.54 Å². The highest BCUT2D eigenvalue weighted by molar-refractivity contribution is 5.94. The fourth-order valence-corrected chi connectivity index (χ4v) is 3.38. The van der Waals surface area contributed by atoms with Gasteiger partial charge in [-0.15, -0.1) is 0 Å². The first kappa shape index (κ1) is 12.6. The maximum absolute atomic E-state index is 12.7. The predicted octanol–water partition coefficient (Wildman–Crippen LogP) is 1.59. The first-order chi connectivity index (χ1) is 10.2. The van der Waals surface area contributed by atoms with Crippen LogP contribution in [-0.4, -0.2) is 32.7 Å². The van der Waals surface area contributed by atoms with Crippen molar-refractivity contribution in [2.24, 2.45) is 0 Å². The van der Waals surface area contributed by atoms with E-state index in [1.165, 1.54) is 0 Å². The molecule has 0 saturated carbocycles. The molecule has 1 aromatic heterocycles. The molecule has 4 rings (SSSR count). The summed E-state index contributed by atoms with van der Waals surface area (Å²) in [5.41, 5.74) is 4.63. The number of rotatable bonds is 1. The third-order valence-corrected chi connectivity index (χ3v) is 4.46. The summed E-state index contributed by atoms with van der Waals surface area (Å²) in [5, 5.41) is 17.4. The molecule has 2 aliphatic rings. The number of H-pyrrole nitrogens is 1. The molecule has 1 aliphatic carbocycles. The molecule has 0 radical (unpaired) electrons. The summed E-state index contributed by atoms with van der Waals surface area (Å²) in [7, 11) is 0. The zero-order chi connectivity index (χ0) is 14.4. The Bertz CT molecular complexity index is 707. The van der Waals surface area contributed by atoms with Gasteiger partial charge in [-0.2, -0.15) is 5.10 Å². The van der Waals surface area contributed by atoms with Crippen molar-refractivity contribution in [3.63, 3.8) is 0 Å². The number of fused-ring (bicyclic) bond motifs is 2. The van der Waals surface area contributed by atoms with Gasteiger partial charge in [0.2, 0.25) is 0 Å². The smallest absolute Gasteiger partial charge is 0.275 e. The first-order valence-corrected chi connectivity index (χ1v) is 7.35. The molecule has 0 spiro atoms. The molecular formula is C16H17N3O2. The number of amides is 1. The van der Waals surface area contributed by atoms with Gasteiger partial charge in [-0.1, -0.05) is 24.3 Å². The Morgan fingerprint density at radius 1 is 1.33 bits per heavy atom. The van der Waals surface area contributed by atoms with Crippen LogP contribution in [0.25, 0.3) is 0 Å². The van der Waals surface area contributed by atoms with Gasteiger partial charge in [0, 0.05) is 17.8 Å². The predicted molar refractivity (Wildman–Crippen MR) is 76.8 cm³/mol. The van der Waals surface area contributed by atoms with Crippen LogP contribution < -0.4 is 0 Å². The molecule has 0 bridgehead atoms. The standard InChI is InChI=1S/C16H17N3O2/c20-14-9-19(8-10-4-1-2-5-11(10)14)16(21)15-12-6-3-7-13(12)17-18-15/h1-2,4-5,14,20H,3,6-9H2,(H,17,18). The van der Waals surface area contributed by atoms with Crippen LogP contribution in [0.2, 0.25) is 0 Å². The van der Waals surface area contributed by atoms with Crippen LogP contribution in [0.1, 0.15) is 45.4 Å². The van der Waals surface area contributed by atoms with E-state index in [0.717, 1.165) is 41.6 Å². The molecule has 1 aromatic carbocycles. The summed E-state index contributed by atoms with van der Waals surface area (Å²) in [4.78, 5) is 14.4. The molecule has 5 nitrogen and oxygen atoms in total. The fraction of sp³-hybridized carbons (Fsp3) is 0.375. The van der Waals surface area contributed by atoms with Crippen LogP contribution in [0.15, 0.2) is 24.3 Å². The second-order valence-corrected chi connectivity index (χ2v) is 5.78. The Hall–Kier alpha value is -2.14. The van der Waals surface area contributed by atoms with Crippen molar-refractivity contribution in [2.45, 2.75) is 31.9 Å². The minimum absolute atomic E-state index is 0.0806. The summed E-state index contributed by atoms with van der Waals surface area (Å²) in [6.45, 7) is 0.866. The number of nitrogens with zero attached hydrogens (tertiary/aromatic N) is 2. The minimum atomic E-state index is -0.620. The number of nitrogens with one attached hydrogen (secondary N) is 1. The summed E-state index contributed by atoms with van der Waals surface area (Å²) in [5.74, 6) is -0.0806. The molecule has 0 fully saturated rings. The van der Waals surface area contributed by atoms with Crippen molar-refractivity contribution < 1.29 is 9.90 Å². The lowest BCUT2D eigenvalue weighted by Crippen LogP contribution is -2.38. The van der Waals surface area contributed by atoms with Crippen molar-refractivity contribution in [3.8, 4) is 0 Å². The monoisotopic (exact) mass is 283 g/mol. The SMILES string of the molecule is O=C(c1n[nH]c2c1CCC2)N1Cc2ccccc2C(O)C1. The van der Waals surface area contributed by atoms with Gasteiger partial charge in [-0.05, 0) is 30.4 Å². The fourth-order valence-electron chi connectivity index (χ4n) is 3.38. The molecule has 5 heteroatoms. The largest absolute Gasteiger partial charge is 0.387 e. The van der Waals surface area contributed by atoms with E-state index in [-0.39, 0.29) is 5.91 Å². The Morgan fingerprint density at radius 3 is 3.10 bits per heavy atom. The number of aromatic nitrogens is 2. The van der Waals surface area contributed by atoms with E-state index in [2.05, 4.69) is 10.2 Å². The number of hydrogen-bond donors (Lipinski definition) is 2. The lowest BCUT2D eigenvalue weighted by atomic mass is 9.97. The van der Waals surface area contributed by atoms with Gasteiger partial charge in [0.25, 0.3) is 5.91 Å². The molecule has 2 N–H and O–H groups in total. The van der Waals surface area contributed by atoms with Gasteiger partial charge in [0.15, 0.2) is 5.69 Å². The van der Waals surface area contributed by atoms with E-state index < -0.39 is 6.10 Å². The zero-order valence-electron chi connectivity index (χ0n) is 11.7. The van der Waals surface area contributed by atoms with Gasteiger partial charge < -0.3 is 10.0 Å². The number of carbonyl (C=O) groups is 1. The van der Waals surface area contributed by atoms with E-state index in [4.69, 9.17) is 0 Å². The molecule has 1 unspecified atom stereocenters. The quantitative estimate of drug-likeness (QED) is 0.835. The highest BCUT2D eigenvalue weighted by atomic mass is 16.3. The van der Waals surface area contributed by atoms with Crippen molar-refractivity contribution in [3.05, 3.63) is 52.3 Å². The second kappa shape index (κ2) is 4.70. The molecule has 108 valence electrons. The number of aryl methyl sites for hydroxylation is 1. The van der Waals surface area contributed by atoms with Gasteiger partial charge in [-0.3, -0.25) is 9.89 Å². The molecular weight excluding hydrogens is 266 g/mol. The molecule has 0 saturated heterocycles. The zero-order valence-corrected chi connectivity index (χ0v) is 11.7. The number of β-amino-alcohol motifs (C(OH)–C–C–N with tert-alkyl or cyclic N) is 1. The van der Waals surface area contributed by atoms with Crippen molar-refractivity contribution in [1.29, 1.82) is 0 Å². The lowest BCUT2D eigenvalue weighted by Gasteiger charge is -2.31. The van der Waals surface area contributed by atoms with Crippen molar-refractivity contribution >= 4 is 5.91 Å². The van der Waals surface area contributed by atoms with E-state index >= 15 is 0 Å². The summed E-state index contributed by atoms with van der Waals surface area (Å²) in [6.07, 6.45) is 2.35. The highest BCUT2D eigenvalue weighted by Crippen LogP contribution is 2.29. The molecule has 21 heavy (non-hydrogen) atoms. The van der Waals surface area contributed by atoms with Crippen molar-refractivity contribution in [1.82, 2.24) is 15.1 Å². The van der Waals surface area contributed by atoms with Crippen LogP contribution >= 0.6 is 0 Å². The Kier molecular flexibility index (Phi) is 2.82. The molecule has 1 atom stereocenters. The number of hydrogen-bond acceptors (Lipinski definition) is 3. The molecule has 1 aliphatic heterocycles. The number of aliphatic hydroxyl groups excluding tert-OH is 1. The van der Waals surface area contributed by atoms with E-state index in [1.807, 2.05) is 24.3 Å². The molecule has 2 heterocycles. The maximum Gasteiger partial charge on any atom is 0.275 e. The Balaban J connectivity index is 1.64. The van der Waals surface area contributed by atoms with Crippen LogP contribution in [0, 0.1) is 0 Å². The third kappa shape index (κ3) is 1.96. The third-order valence-electron chi connectivity index (χ3n) is 4.46. The van der Waals surface area contributed by atoms with E-state index in [1.54, 1.807) is 4.90 Å². The normalized spacial score (nSPS) is 20.2. The summed E-state index contributed by atoms with van der Waals surface area (Å²) >= 11 is 0. The van der Waals surface area contributed by atoms with E-state index in [0.29, 0.717) is 18.8 Å². The van der Waals surface area contributed by atoms with Gasteiger partial charge >= 0.3 is 0 Å². The number of benzene rings is 1. The maximum atomic E-state index is 12.7. The number of aromatic amines is 1. The number of aliphatic hydroxyl groups is 1.